The Labute approximate surface area is 211 Å². The fourth-order valence-corrected chi connectivity index (χ4v) is 3.82. The summed E-state index contributed by atoms with van der Waals surface area (Å²) in [6, 6.07) is 32.3. The molecule has 6 nitrogen and oxygen atoms in total. The molecule has 0 fully saturated rings. The number of nitrogens with zero attached hydrogens (tertiary/aromatic N) is 3. The van der Waals surface area contributed by atoms with E-state index in [9.17, 15) is 4.79 Å². The Hall–Kier alpha value is -4.23. The highest BCUT2D eigenvalue weighted by molar-refractivity contribution is 9.10. The van der Waals surface area contributed by atoms with Gasteiger partial charge in [0.1, 0.15) is 11.5 Å². The molecule has 0 aliphatic carbocycles. The van der Waals surface area contributed by atoms with Gasteiger partial charge in [0.25, 0.3) is 5.91 Å². The predicted molar refractivity (Wildman–Crippen MR) is 140 cm³/mol. The van der Waals surface area contributed by atoms with E-state index in [1.54, 1.807) is 28.9 Å². The van der Waals surface area contributed by atoms with Gasteiger partial charge >= 0.3 is 0 Å². The van der Waals surface area contributed by atoms with Gasteiger partial charge in [-0.05, 0) is 73.7 Å². The first kappa shape index (κ1) is 22.6. The van der Waals surface area contributed by atoms with Gasteiger partial charge in [-0.2, -0.15) is 0 Å². The van der Waals surface area contributed by atoms with Crippen LogP contribution in [-0.4, -0.2) is 20.7 Å². The van der Waals surface area contributed by atoms with Crippen molar-refractivity contribution in [3.63, 3.8) is 0 Å². The zero-order valence-corrected chi connectivity index (χ0v) is 20.4. The maximum Gasteiger partial charge on any atom is 0.295 e. The number of carbonyl (C=O) groups is 1. The maximum atomic E-state index is 13.1. The summed E-state index contributed by atoms with van der Waals surface area (Å²) in [6.07, 6.45) is 0. The Morgan fingerprint density at radius 3 is 2.29 bits per heavy atom. The summed E-state index contributed by atoms with van der Waals surface area (Å²) in [7, 11) is 0. The number of ether oxygens (including phenoxy) is 1. The van der Waals surface area contributed by atoms with Crippen LogP contribution in [0.25, 0.3) is 17.1 Å². The number of rotatable bonds is 6. The lowest BCUT2D eigenvalue weighted by atomic mass is 10.1. The molecule has 0 saturated carbocycles. The van der Waals surface area contributed by atoms with Crippen molar-refractivity contribution in [2.75, 3.05) is 5.32 Å². The van der Waals surface area contributed by atoms with Crippen LogP contribution in [0.1, 0.15) is 16.2 Å². The normalized spacial score (nSPS) is 10.7. The second-order valence-electron chi connectivity index (χ2n) is 7.91. The van der Waals surface area contributed by atoms with Crippen molar-refractivity contribution < 1.29 is 9.53 Å². The second-order valence-corrected chi connectivity index (χ2v) is 8.83. The minimum Gasteiger partial charge on any atom is -0.457 e. The third-order valence-electron chi connectivity index (χ3n) is 5.25. The monoisotopic (exact) mass is 524 g/mol. The fraction of sp³-hybridized carbons (Fsp3) is 0.0357. The van der Waals surface area contributed by atoms with Crippen LogP contribution in [0.5, 0.6) is 11.5 Å². The highest BCUT2D eigenvalue weighted by Gasteiger charge is 2.19. The largest absolute Gasteiger partial charge is 0.457 e. The molecule has 1 aromatic heterocycles. The molecule has 0 bridgehead atoms. The van der Waals surface area contributed by atoms with Crippen molar-refractivity contribution in [2.24, 2.45) is 0 Å². The second kappa shape index (κ2) is 9.95. The maximum absolute atomic E-state index is 13.1. The quantitative estimate of drug-likeness (QED) is 0.258. The summed E-state index contributed by atoms with van der Waals surface area (Å²) in [5.41, 5.74) is 3.39. The lowest BCUT2D eigenvalue weighted by Crippen LogP contribution is -2.14. The molecule has 5 aromatic rings. The predicted octanol–water partition coefficient (Wildman–Crippen LogP) is 7.05. The third kappa shape index (κ3) is 5.31. The number of carbonyl (C=O) groups excluding carboxylic acids is 1. The molecule has 0 radical (unpaired) electrons. The van der Waals surface area contributed by atoms with Crippen LogP contribution in [0.4, 0.5) is 5.69 Å². The number of hydrogen-bond acceptors (Lipinski definition) is 4. The van der Waals surface area contributed by atoms with E-state index in [1.165, 1.54) is 0 Å². The van der Waals surface area contributed by atoms with Crippen molar-refractivity contribution in [3.05, 3.63) is 119 Å². The third-order valence-corrected chi connectivity index (χ3v) is 5.78. The van der Waals surface area contributed by atoms with Gasteiger partial charge in [0.2, 0.25) is 5.82 Å². The Morgan fingerprint density at radius 2 is 1.57 bits per heavy atom. The average molecular weight is 525 g/mol. The number of para-hydroxylation sites is 1. The number of anilines is 1. The van der Waals surface area contributed by atoms with Crippen LogP contribution in [-0.2, 0) is 0 Å². The summed E-state index contributed by atoms with van der Waals surface area (Å²) in [6.45, 7) is 2.02. The molecule has 0 aliphatic heterocycles. The summed E-state index contributed by atoms with van der Waals surface area (Å²) < 4.78 is 8.46. The van der Waals surface area contributed by atoms with Gasteiger partial charge in [-0.3, -0.25) is 4.79 Å². The van der Waals surface area contributed by atoms with E-state index in [1.807, 2.05) is 85.8 Å². The van der Waals surface area contributed by atoms with E-state index in [-0.39, 0.29) is 5.82 Å². The van der Waals surface area contributed by atoms with Crippen molar-refractivity contribution in [3.8, 4) is 28.6 Å². The molecule has 35 heavy (non-hydrogen) atoms. The van der Waals surface area contributed by atoms with Crippen LogP contribution in [0.15, 0.2) is 108 Å². The number of hydrogen-bond donors (Lipinski definition) is 1. The van der Waals surface area contributed by atoms with Crippen molar-refractivity contribution >= 4 is 27.5 Å². The van der Waals surface area contributed by atoms with E-state index < -0.39 is 5.91 Å². The Morgan fingerprint density at radius 1 is 0.857 bits per heavy atom. The van der Waals surface area contributed by atoms with Gasteiger partial charge in [-0.25, -0.2) is 9.67 Å². The van der Waals surface area contributed by atoms with E-state index in [4.69, 9.17) is 4.74 Å². The minimum absolute atomic E-state index is 0.0778. The standard InChI is InChI=1S/C28H21BrN4O2/c1-19-6-5-7-20(18-19)27-31-26(32-33(27)23-14-10-21(29)11-15-23)28(34)30-22-12-16-25(17-13-22)35-24-8-3-2-4-9-24/h2-18H,1H3,(H,30,34). The number of halogens is 1. The van der Waals surface area contributed by atoms with Crippen LogP contribution in [0, 0.1) is 6.92 Å². The molecule has 0 saturated heterocycles. The van der Waals surface area contributed by atoms with E-state index in [0.717, 1.165) is 27.0 Å². The Kier molecular flexibility index (Phi) is 6.41. The molecule has 1 N–H and O–H groups in total. The van der Waals surface area contributed by atoms with Crippen molar-refractivity contribution in [2.45, 2.75) is 6.92 Å². The first-order valence-electron chi connectivity index (χ1n) is 11.0. The van der Waals surface area contributed by atoms with Gasteiger partial charge in [0, 0.05) is 15.7 Å². The molecule has 0 aliphatic rings. The summed E-state index contributed by atoms with van der Waals surface area (Å²) in [5.74, 6) is 1.69. The van der Waals surface area contributed by atoms with Gasteiger partial charge in [0.15, 0.2) is 5.82 Å². The molecule has 4 aromatic carbocycles. The highest BCUT2D eigenvalue weighted by atomic mass is 79.9. The van der Waals surface area contributed by atoms with Crippen LogP contribution in [0.3, 0.4) is 0 Å². The molecule has 5 rings (SSSR count). The molecular weight excluding hydrogens is 504 g/mol. The summed E-state index contributed by atoms with van der Waals surface area (Å²) in [5, 5.41) is 7.41. The summed E-state index contributed by atoms with van der Waals surface area (Å²) in [4.78, 5) is 17.6. The first-order valence-corrected chi connectivity index (χ1v) is 11.8. The Bertz CT molecular complexity index is 1460. The van der Waals surface area contributed by atoms with E-state index in [0.29, 0.717) is 17.3 Å². The van der Waals surface area contributed by atoms with Gasteiger partial charge in [-0.15, -0.1) is 5.10 Å². The fourth-order valence-electron chi connectivity index (χ4n) is 3.56. The van der Waals surface area contributed by atoms with E-state index in [2.05, 4.69) is 31.3 Å². The number of aryl methyl sites for hydroxylation is 1. The molecular formula is C28H21BrN4O2. The van der Waals surface area contributed by atoms with Gasteiger partial charge in [-0.1, -0.05) is 57.9 Å². The number of aromatic nitrogens is 3. The molecule has 1 amide bonds. The SMILES string of the molecule is Cc1cccc(-c2nc(C(=O)Nc3ccc(Oc4ccccc4)cc3)nn2-c2ccc(Br)cc2)c1. The number of amides is 1. The zero-order valence-electron chi connectivity index (χ0n) is 18.9. The van der Waals surface area contributed by atoms with E-state index >= 15 is 0 Å². The van der Waals surface area contributed by atoms with Crippen LogP contribution in [0.2, 0.25) is 0 Å². The first-order chi connectivity index (χ1) is 17.0. The van der Waals surface area contributed by atoms with Gasteiger partial charge < -0.3 is 10.1 Å². The lowest BCUT2D eigenvalue weighted by Gasteiger charge is -2.07. The number of benzene rings is 4. The smallest absolute Gasteiger partial charge is 0.295 e. The lowest BCUT2D eigenvalue weighted by molar-refractivity contribution is 0.101. The molecule has 0 unspecified atom stereocenters. The van der Waals surface area contributed by atoms with Crippen LogP contribution < -0.4 is 10.1 Å². The molecule has 1 heterocycles. The summed E-state index contributed by atoms with van der Waals surface area (Å²) >= 11 is 3.46. The highest BCUT2D eigenvalue weighted by Crippen LogP contribution is 2.25. The van der Waals surface area contributed by atoms with Crippen molar-refractivity contribution in [1.29, 1.82) is 0 Å². The molecule has 7 heteroatoms. The van der Waals surface area contributed by atoms with Crippen LogP contribution >= 0.6 is 15.9 Å². The minimum atomic E-state index is -0.397. The topological polar surface area (TPSA) is 69.0 Å². The molecule has 172 valence electrons. The van der Waals surface area contributed by atoms with Gasteiger partial charge in [0.05, 0.1) is 5.69 Å². The number of nitrogens with one attached hydrogen (secondary N) is 1. The Balaban J connectivity index is 1.40. The molecule has 0 spiro atoms. The zero-order chi connectivity index (χ0) is 24.2. The average Bonchev–Trinajstić information content (AvgIpc) is 3.32. The van der Waals surface area contributed by atoms with Crippen molar-refractivity contribution in [1.82, 2.24) is 14.8 Å². The molecule has 0 atom stereocenters.